The second-order valence-electron chi connectivity index (χ2n) is 4.69. The van der Waals surface area contributed by atoms with Crippen LogP contribution in [0.5, 0.6) is 0 Å². The number of aryl methyl sites for hydroxylation is 1. The van der Waals surface area contributed by atoms with Crippen molar-refractivity contribution in [1.29, 1.82) is 0 Å². The first-order valence-corrected chi connectivity index (χ1v) is 6.10. The zero-order valence-electron chi connectivity index (χ0n) is 10.4. The van der Waals surface area contributed by atoms with Crippen molar-refractivity contribution in [2.24, 2.45) is 0 Å². The first kappa shape index (κ1) is 12.0. The highest BCUT2D eigenvalue weighted by atomic mass is 16.2. The lowest BCUT2D eigenvalue weighted by Gasteiger charge is -2.14. The van der Waals surface area contributed by atoms with E-state index in [-0.39, 0.29) is 11.9 Å². The zero-order chi connectivity index (χ0) is 12.3. The predicted octanol–water partition coefficient (Wildman–Crippen LogP) is 1.15. The molecule has 1 aliphatic rings. The number of nitrogens with zero attached hydrogens (tertiary/aromatic N) is 1. The van der Waals surface area contributed by atoms with Crippen LogP contribution >= 0.6 is 0 Å². The van der Waals surface area contributed by atoms with Crippen molar-refractivity contribution in [2.75, 3.05) is 0 Å². The predicted molar refractivity (Wildman–Crippen MR) is 66.4 cm³/mol. The summed E-state index contributed by atoms with van der Waals surface area (Å²) in [5.74, 6) is 0.0965. The molecule has 2 N–H and O–H groups in total. The fraction of sp³-hybridized carbons (Fsp3) is 0.538. The van der Waals surface area contributed by atoms with E-state index in [0.29, 0.717) is 12.6 Å². The molecule has 0 radical (unpaired) electrons. The number of amides is 1. The number of rotatable bonds is 5. The maximum Gasteiger partial charge on any atom is 0.237 e. The number of nitrogens with one attached hydrogen (secondary N) is 2. The topological polar surface area (TPSA) is 54.0 Å². The third-order valence-corrected chi connectivity index (χ3v) is 3.05. The van der Waals surface area contributed by atoms with Gasteiger partial charge in [-0.3, -0.25) is 9.78 Å². The first-order valence-electron chi connectivity index (χ1n) is 6.10. The van der Waals surface area contributed by atoms with E-state index in [1.54, 1.807) is 6.20 Å². The van der Waals surface area contributed by atoms with Gasteiger partial charge in [0.15, 0.2) is 0 Å². The van der Waals surface area contributed by atoms with Gasteiger partial charge in [-0.25, -0.2) is 0 Å². The Morgan fingerprint density at radius 3 is 3.00 bits per heavy atom. The average Bonchev–Trinajstić information content (AvgIpc) is 3.11. The lowest BCUT2D eigenvalue weighted by atomic mass is 10.1. The highest BCUT2D eigenvalue weighted by molar-refractivity contribution is 5.81. The van der Waals surface area contributed by atoms with Gasteiger partial charge in [-0.1, -0.05) is 0 Å². The third-order valence-electron chi connectivity index (χ3n) is 3.05. The molecule has 17 heavy (non-hydrogen) atoms. The molecule has 0 bridgehead atoms. The van der Waals surface area contributed by atoms with Crippen molar-refractivity contribution in [2.45, 2.75) is 45.3 Å². The summed E-state index contributed by atoms with van der Waals surface area (Å²) in [4.78, 5) is 15.8. The Kier molecular flexibility index (Phi) is 3.74. The molecule has 0 saturated heterocycles. The van der Waals surface area contributed by atoms with E-state index in [1.165, 1.54) is 5.56 Å². The van der Waals surface area contributed by atoms with E-state index in [9.17, 15) is 4.79 Å². The van der Waals surface area contributed by atoms with Gasteiger partial charge >= 0.3 is 0 Å². The molecule has 1 atom stereocenters. The van der Waals surface area contributed by atoms with E-state index in [2.05, 4.69) is 15.6 Å². The number of carbonyl (C=O) groups is 1. The number of aromatic nitrogens is 1. The van der Waals surface area contributed by atoms with Crippen LogP contribution in [0, 0.1) is 6.92 Å². The summed E-state index contributed by atoms with van der Waals surface area (Å²) in [7, 11) is 0. The SMILES string of the molecule is Cc1cnccc1CNC(C)C(=O)NC1CC1. The molecule has 92 valence electrons. The van der Waals surface area contributed by atoms with Crippen LogP contribution in [0.2, 0.25) is 0 Å². The summed E-state index contributed by atoms with van der Waals surface area (Å²) in [6.07, 6.45) is 5.87. The Morgan fingerprint density at radius 2 is 2.35 bits per heavy atom. The fourth-order valence-electron chi connectivity index (χ4n) is 1.61. The van der Waals surface area contributed by atoms with Crippen molar-refractivity contribution >= 4 is 5.91 Å². The smallest absolute Gasteiger partial charge is 0.237 e. The fourth-order valence-corrected chi connectivity index (χ4v) is 1.61. The van der Waals surface area contributed by atoms with Crippen LogP contribution in [0.4, 0.5) is 0 Å². The molecule has 1 aromatic rings. The molecule has 4 heteroatoms. The molecule has 1 aliphatic carbocycles. The van der Waals surface area contributed by atoms with Gasteiger partial charge in [-0.15, -0.1) is 0 Å². The summed E-state index contributed by atoms with van der Waals surface area (Å²) in [5, 5.41) is 6.22. The summed E-state index contributed by atoms with van der Waals surface area (Å²) in [5.41, 5.74) is 2.33. The molecule has 1 heterocycles. The van der Waals surface area contributed by atoms with Crippen molar-refractivity contribution in [3.8, 4) is 0 Å². The number of pyridine rings is 1. The molecule has 0 aromatic carbocycles. The van der Waals surface area contributed by atoms with Crippen LogP contribution in [-0.2, 0) is 11.3 Å². The lowest BCUT2D eigenvalue weighted by Crippen LogP contribution is -2.42. The van der Waals surface area contributed by atoms with Gasteiger partial charge in [0.1, 0.15) is 0 Å². The highest BCUT2D eigenvalue weighted by Crippen LogP contribution is 2.18. The summed E-state index contributed by atoms with van der Waals surface area (Å²) in [6.45, 7) is 4.63. The first-order chi connectivity index (χ1) is 8.16. The molecule has 1 saturated carbocycles. The van der Waals surface area contributed by atoms with Gasteiger partial charge in [0.25, 0.3) is 0 Å². The van der Waals surface area contributed by atoms with Gasteiger partial charge in [0.05, 0.1) is 6.04 Å². The molecule has 1 aromatic heterocycles. The van der Waals surface area contributed by atoms with Gasteiger partial charge < -0.3 is 10.6 Å². The van der Waals surface area contributed by atoms with E-state index in [0.717, 1.165) is 18.4 Å². The molecule has 4 nitrogen and oxygen atoms in total. The minimum Gasteiger partial charge on any atom is -0.352 e. The van der Waals surface area contributed by atoms with Gasteiger partial charge in [-0.05, 0) is 43.9 Å². The molecule has 0 aliphatic heterocycles. The molecule has 1 amide bonds. The molecule has 1 fully saturated rings. The van der Waals surface area contributed by atoms with Crippen LogP contribution in [0.25, 0.3) is 0 Å². The third kappa shape index (κ3) is 3.53. The number of carbonyl (C=O) groups excluding carboxylic acids is 1. The maximum absolute atomic E-state index is 11.7. The van der Waals surface area contributed by atoms with E-state index in [1.807, 2.05) is 26.1 Å². The van der Waals surface area contributed by atoms with Crippen LogP contribution in [-0.4, -0.2) is 23.0 Å². The van der Waals surface area contributed by atoms with Crippen molar-refractivity contribution < 1.29 is 4.79 Å². The molecular weight excluding hydrogens is 214 g/mol. The normalized spacial score (nSPS) is 16.6. The molecule has 1 unspecified atom stereocenters. The second-order valence-corrected chi connectivity index (χ2v) is 4.69. The summed E-state index contributed by atoms with van der Waals surface area (Å²) >= 11 is 0. The number of hydrogen-bond acceptors (Lipinski definition) is 3. The van der Waals surface area contributed by atoms with Crippen LogP contribution in [0.15, 0.2) is 18.5 Å². The molecule has 0 spiro atoms. The average molecular weight is 233 g/mol. The second kappa shape index (κ2) is 5.27. The van der Waals surface area contributed by atoms with Crippen LogP contribution in [0.3, 0.4) is 0 Å². The Hall–Kier alpha value is -1.42. The lowest BCUT2D eigenvalue weighted by molar-refractivity contribution is -0.122. The summed E-state index contributed by atoms with van der Waals surface area (Å²) in [6, 6.07) is 2.26. The Balaban J connectivity index is 1.80. The molecule has 2 rings (SSSR count). The molecular formula is C13H19N3O. The summed E-state index contributed by atoms with van der Waals surface area (Å²) < 4.78 is 0. The minimum atomic E-state index is -0.150. The Bertz CT molecular complexity index is 401. The Labute approximate surface area is 102 Å². The van der Waals surface area contributed by atoms with Crippen LogP contribution in [0.1, 0.15) is 30.9 Å². The van der Waals surface area contributed by atoms with Gasteiger partial charge in [-0.2, -0.15) is 0 Å². The largest absolute Gasteiger partial charge is 0.352 e. The van der Waals surface area contributed by atoms with E-state index in [4.69, 9.17) is 0 Å². The van der Waals surface area contributed by atoms with Gasteiger partial charge in [0.2, 0.25) is 5.91 Å². The van der Waals surface area contributed by atoms with Gasteiger partial charge in [0, 0.05) is 25.0 Å². The number of hydrogen-bond donors (Lipinski definition) is 2. The monoisotopic (exact) mass is 233 g/mol. The minimum absolute atomic E-state index is 0.0965. The van der Waals surface area contributed by atoms with Crippen molar-refractivity contribution in [3.63, 3.8) is 0 Å². The van der Waals surface area contributed by atoms with E-state index >= 15 is 0 Å². The maximum atomic E-state index is 11.7. The zero-order valence-corrected chi connectivity index (χ0v) is 10.4. The highest BCUT2D eigenvalue weighted by Gasteiger charge is 2.25. The van der Waals surface area contributed by atoms with E-state index < -0.39 is 0 Å². The van der Waals surface area contributed by atoms with Crippen LogP contribution < -0.4 is 10.6 Å². The van der Waals surface area contributed by atoms with Crippen molar-refractivity contribution in [3.05, 3.63) is 29.6 Å². The Morgan fingerprint density at radius 1 is 1.59 bits per heavy atom. The quantitative estimate of drug-likeness (QED) is 0.802. The van der Waals surface area contributed by atoms with Crippen molar-refractivity contribution in [1.82, 2.24) is 15.6 Å². The standard InChI is InChI=1S/C13H19N3O/c1-9-7-14-6-5-11(9)8-15-10(2)13(17)16-12-3-4-12/h5-7,10,12,15H,3-4,8H2,1-2H3,(H,16,17).